The van der Waals surface area contributed by atoms with Crippen molar-refractivity contribution in [1.29, 1.82) is 0 Å². The quantitative estimate of drug-likeness (QED) is 0.407. The minimum atomic E-state index is -1.83. The first-order valence-electron chi connectivity index (χ1n) is 8.74. The summed E-state index contributed by atoms with van der Waals surface area (Å²) >= 11 is 0. The van der Waals surface area contributed by atoms with E-state index in [0.717, 1.165) is 0 Å². The van der Waals surface area contributed by atoms with E-state index in [1.54, 1.807) is 24.6 Å². The largest absolute Gasteiger partial charge is 0.503 e. The molecule has 0 aliphatic rings. The lowest BCUT2D eigenvalue weighted by molar-refractivity contribution is 0.137. The SMILES string of the molecule is CCCC[P+](CCCC)(CCCC)CCCC.O=C(O)O. The first-order chi connectivity index (χ1) is 9.97. The van der Waals surface area contributed by atoms with Gasteiger partial charge in [-0.3, -0.25) is 0 Å². The minimum absolute atomic E-state index is 0.562. The predicted molar refractivity (Wildman–Crippen MR) is 96.7 cm³/mol. The molecule has 0 aliphatic carbocycles. The molecule has 0 aromatic carbocycles. The standard InChI is InChI=1S/C16H36P.CH2O3/c1-5-9-13-17(14-10-6-2,15-11-7-3)16-12-8-4;2-1(3)4/h5-16H2,1-4H3;(H2,2,3,4)/q+1;. The van der Waals surface area contributed by atoms with Gasteiger partial charge in [0.05, 0.1) is 24.6 Å². The van der Waals surface area contributed by atoms with E-state index >= 15 is 0 Å². The zero-order chi connectivity index (χ0) is 16.6. The maximum atomic E-state index is 8.56. The fourth-order valence-corrected chi connectivity index (χ4v) is 7.93. The number of unbranched alkanes of at least 4 members (excludes halogenated alkanes) is 4. The summed E-state index contributed by atoms with van der Waals surface area (Å²) in [6.45, 7) is 9.42. The van der Waals surface area contributed by atoms with E-state index in [1.807, 2.05) is 0 Å². The zero-order valence-electron chi connectivity index (χ0n) is 14.7. The molecule has 21 heavy (non-hydrogen) atoms. The fraction of sp³-hybridized carbons (Fsp3) is 0.941. The average molecular weight is 321 g/mol. The summed E-state index contributed by atoms with van der Waals surface area (Å²) in [5.41, 5.74) is 0. The van der Waals surface area contributed by atoms with Crippen molar-refractivity contribution in [2.75, 3.05) is 24.6 Å². The maximum Gasteiger partial charge on any atom is 0.503 e. The summed E-state index contributed by atoms with van der Waals surface area (Å²) in [5.74, 6) is 0. The monoisotopic (exact) mass is 321 g/mol. The molecule has 2 N–H and O–H groups in total. The molecule has 0 saturated carbocycles. The summed E-state index contributed by atoms with van der Waals surface area (Å²) in [6.07, 6.45) is 16.1. The molecule has 0 radical (unpaired) electrons. The van der Waals surface area contributed by atoms with Gasteiger partial charge in [0.15, 0.2) is 0 Å². The lowest BCUT2D eigenvalue weighted by Crippen LogP contribution is -2.12. The Balaban J connectivity index is 0. The van der Waals surface area contributed by atoms with Crippen molar-refractivity contribution >= 4 is 13.4 Å². The van der Waals surface area contributed by atoms with Crippen molar-refractivity contribution in [3.05, 3.63) is 0 Å². The molecule has 0 fully saturated rings. The normalized spacial score (nSPS) is 10.9. The molecule has 128 valence electrons. The highest BCUT2D eigenvalue weighted by Crippen LogP contribution is 2.61. The van der Waals surface area contributed by atoms with Gasteiger partial charge in [-0.2, -0.15) is 0 Å². The van der Waals surface area contributed by atoms with Crippen molar-refractivity contribution in [2.45, 2.75) is 79.1 Å². The van der Waals surface area contributed by atoms with Gasteiger partial charge in [-0.15, -0.1) is 0 Å². The molecule has 0 saturated heterocycles. The van der Waals surface area contributed by atoms with Crippen LogP contribution in [0.15, 0.2) is 0 Å². The van der Waals surface area contributed by atoms with Gasteiger partial charge in [-0.25, -0.2) is 4.79 Å². The molecule has 0 heterocycles. The Bertz CT molecular complexity index is 191. The van der Waals surface area contributed by atoms with Crippen molar-refractivity contribution < 1.29 is 15.0 Å². The van der Waals surface area contributed by atoms with E-state index < -0.39 is 13.4 Å². The Hall–Kier alpha value is -0.300. The van der Waals surface area contributed by atoms with Gasteiger partial charge < -0.3 is 10.2 Å². The predicted octanol–water partition coefficient (Wildman–Crippen LogP) is 6.43. The van der Waals surface area contributed by atoms with E-state index in [0.29, 0.717) is 0 Å². The van der Waals surface area contributed by atoms with E-state index in [1.165, 1.54) is 51.4 Å². The highest BCUT2D eigenvalue weighted by Gasteiger charge is 2.34. The van der Waals surface area contributed by atoms with Crippen LogP contribution in [0.2, 0.25) is 0 Å². The lowest BCUT2D eigenvalue weighted by atomic mass is 10.4. The minimum Gasteiger partial charge on any atom is -0.450 e. The number of hydrogen-bond acceptors (Lipinski definition) is 1. The number of rotatable bonds is 12. The van der Waals surface area contributed by atoms with Crippen LogP contribution in [0.1, 0.15) is 79.1 Å². The lowest BCUT2D eigenvalue weighted by Gasteiger charge is -2.28. The second-order valence-corrected chi connectivity index (χ2v) is 10.4. The van der Waals surface area contributed by atoms with Crippen LogP contribution in [0.4, 0.5) is 4.79 Å². The Kier molecular flexibility index (Phi) is 17.6. The van der Waals surface area contributed by atoms with Crippen molar-refractivity contribution in [1.82, 2.24) is 0 Å². The molecule has 3 nitrogen and oxygen atoms in total. The molecule has 0 rings (SSSR count). The fourth-order valence-electron chi connectivity index (χ4n) is 2.64. The van der Waals surface area contributed by atoms with E-state index in [-0.39, 0.29) is 0 Å². The van der Waals surface area contributed by atoms with E-state index in [2.05, 4.69) is 27.7 Å². The van der Waals surface area contributed by atoms with Gasteiger partial charge >= 0.3 is 6.16 Å². The van der Waals surface area contributed by atoms with E-state index in [9.17, 15) is 0 Å². The summed E-state index contributed by atoms with van der Waals surface area (Å²) in [5, 5.41) is 13.9. The zero-order valence-corrected chi connectivity index (χ0v) is 15.6. The average Bonchev–Trinajstić information content (AvgIpc) is 2.45. The van der Waals surface area contributed by atoms with Gasteiger partial charge in [-0.1, -0.05) is 53.4 Å². The van der Waals surface area contributed by atoms with Gasteiger partial charge in [0, 0.05) is 7.26 Å². The topological polar surface area (TPSA) is 57.5 Å². The van der Waals surface area contributed by atoms with Crippen LogP contribution in [0.25, 0.3) is 0 Å². The third-order valence-corrected chi connectivity index (χ3v) is 9.00. The van der Waals surface area contributed by atoms with Crippen LogP contribution in [0, 0.1) is 0 Å². The first-order valence-corrected chi connectivity index (χ1v) is 11.3. The Morgan fingerprint density at radius 1 is 0.667 bits per heavy atom. The van der Waals surface area contributed by atoms with Crippen molar-refractivity contribution in [3.8, 4) is 0 Å². The third kappa shape index (κ3) is 15.9. The van der Waals surface area contributed by atoms with Gasteiger partial charge in [0.25, 0.3) is 0 Å². The second-order valence-electron chi connectivity index (χ2n) is 5.93. The molecule has 0 aromatic heterocycles. The molecule has 0 aromatic rings. The molecule has 0 amide bonds. The molecule has 4 heteroatoms. The van der Waals surface area contributed by atoms with Gasteiger partial charge in [-0.05, 0) is 25.7 Å². The Morgan fingerprint density at radius 3 is 1.00 bits per heavy atom. The summed E-state index contributed by atoms with van der Waals surface area (Å²) < 4.78 is 0. The highest BCUT2D eigenvalue weighted by molar-refractivity contribution is 7.75. The first kappa shape index (κ1) is 23.0. The molecular weight excluding hydrogens is 283 g/mol. The van der Waals surface area contributed by atoms with Crippen LogP contribution >= 0.6 is 7.26 Å². The highest BCUT2D eigenvalue weighted by atomic mass is 31.2. The van der Waals surface area contributed by atoms with Crippen LogP contribution in [-0.2, 0) is 0 Å². The van der Waals surface area contributed by atoms with Crippen molar-refractivity contribution in [3.63, 3.8) is 0 Å². The molecular formula is C17H38O3P+. The number of carboxylic acid groups (broad SMARTS) is 2. The molecule has 0 spiro atoms. The van der Waals surface area contributed by atoms with Crippen LogP contribution in [0.3, 0.4) is 0 Å². The number of hydrogen-bond donors (Lipinski definition) is 2. The smallest absolute Gasteiger partial charge is 0.450 e. The summed E-state index contributed by atoms with van der Waals surface area (Å²) in [7, 11) is -0.562. The van der Waals surface area contributed by atoms with Crippen molar-refractivity contribution in [2.24, 2.45) is 0 Å². The third-order valence-electron chi connectivity index (χ3n) is 3.94. The van der Waals surface area contributed by atoms with E-state index in [4.69, 9.17) is 15.0 Å². The number of carbonyl (C=O) groups is 1. The molecule has 0 unspecified atom stereocenters. The molecule has 0 bridgehead atoms. The van der Waals surface area contributed by atoms with Crippen LogP contribution < -0.4 is 0 Å². The molecule has 0 aliphatic heterocycles. The van der Waals surface area contributed by atoms with Gasteiger partial charge in [0.1, 0.15) is 0 Å². The maximum absolute atomic E-state index is 8.56. The van der Waals surface area contributed by atoms with Gasteiger partial charge in [0.2, 0.25) is 0 Å². The summed E-state index contributed by atoms with van der Waals surface area (Å²) in [6, 6.07) is 0. The Morgan fingerprint density at radius 2 is 0.857 bits per heavy atom. The Labute approximate surface area is 132 Å². The van der Waals surface area contributed by atoms with Crippen LogP contribution in [0.5, 0.6) is 0 Å². The summed E-state index contributed by atoms with van der Waals surface area (Å²) in [4.78, 5) is 8.56. The van der Waals surface area contributed by atoms with Crippen LogP contribution in [-0.4, -0.2) is 41.0 Å². The second kappa shape index (κ2) is 16.1. The molecule has 0 atom stereocenters.